The fraction of sp³-hybridized carbons (Fsp3) is 0.100. The molecular formula is C20H14ClN5OS. The minimum absolute atomic E-state index is 0.453. The van der Waals surface area contributed by atoms with Crippen molar-refractivity contribution in [2.24, 2.45) is 0 Å². The Morgan fingerprint density at radius 2 is 1.96 bits per heavy atom. The van der Waals surface area contributed by atoms with Crippen molar-refractivity contribution in [3.63, 3.8) is 0 Å². The number of pyridine rings is 1. The molecule has 0 unspecified atom stereocenters. The van der Waals surface area contributed by atoms with Crippen LogP contribution in [0.4, 0.5) is 5.82 Å². The largest absolute Gasteiger partial charge is 0.439 e. The maximum Gasteiger partial charge on any atom is 0.219 e. The predicted molar refractivity (Wildman–Crippen MR) is 110 cm³/mol. The van der Waals surface area contributed by atoms with Crippen molar-refractivity contribution in [2.75, 3.05) is 11.9 Å². The second-order valence-electron chi connectivity index (χ2n) is 5.91. The molecular weight excluding hydrogens is 394 g/mol. The fourth-order valence-corrected chi connectivity index (χ4v) is 3.79. The Hall–Kier alpha value is -3.21. The summed E-state index contributed by atoms with van der Waals surface area (Å²) in [4.78, 5) is 13.5. The molecule has 138 valence electrons. The van der Waals surface area contributed by atoms with Crippen LogP contribution in [0.25, 0.3) is 10.2 Å². The van der Waals surface area contributed by atoms with Gasteiger partial charge >= 0.3 is 0 Å². The first kappa shape index (κ1) is 18.2. The zero-order valence-electron chi connectivity index (χ0n) is 14.6. The van der Waals surface area contributed by atoms with Crippen molar-refractivity contribution in [3.8, 4) is 17.7 Å². The van der Waals surface area contributed by atoms with E-state index >= 15 is 0 Å². The van der Waals surface area contributed by atoms with Gasteiger partial charge in [0.25, 0.3) is 0 Å². The van der Waals surface area contributed by atoms with Crippen LogP contribution in [-0.2, 0) is 6.42 Å². The molecule has 0 atom stereocenters. The Morgan fingerprint density at radius 1 is 1.11 bits per heavy atom. The Labute approximate surface area is 170 Å². The van der Waals surface area contributed by atoms with E-state index in [1.807, 2.05) is 35.7 Å². The van der Waals surface area contributed by atoms with Crippen molar-refractivity contribution in [1.29, 1.82) is 5.26 Å². The summed E-state index contributed by atoms with van der Waals surface area (Å²) in [6.07, 6.45) is 3.85. The molecule has 0 spiro atoms. The smallest absolute Gasteiger partial charge is 0.219 e. The second-order valence-corrected chi connectivity index (χ2v) is 7.17. The van der Waals surface area contributed by atoms with Gasteiger partial charge in [-0.05, 0) is 30.2 Å². The third-order valence-corrected chi connectivity index (χ3v) is 5.36. The van der Waals surface area contributed by atoms with Gasteiger partial charge in [-0.15, -0.1) is 11.3 Å². The summed E-state index contributed by atoms with van der Waals surface area (Å²) >= 11 is 7.73. The van der Waals surface area contributed by atoms with E-state index in [2.05, 4.69) is 20.3 Å². The molecule has 0 radical (unpaired) electrons. The number of ether oxygens (including phenoxy) is 1. The van der Waals surface area contributed by atoms with Crippen LogP contribution in [0.15, 0.2) is 54.3 Å². The van der Waals surface area contributed by atoms with Crippen LogP contribution in [0.2, 0.25) is 5.02 Å². The van der Waals surface area contributed by atoms with Gasteiger partial charge in [0.1, 0.15) is 28.8 Å². The Morgan fingerprint density at radius 3 is 2.71 bits per heavy atom. The molecule has 1 aromatic carbocycles. The highest BCUT2D eigenvalue weighted by atomic mass is 35.5. The third-order valence-electron chi connectivity index (χ3n) is 4.04. The quantitative estimate of drug-likeness (QED) is 0.481. The Bertz CT molecular complexity index is 1140. The molecule has 4 rings (SSSR count). The van der Waals surface area contributed by atoms with E-state index in [9.17, 15) is 0 Å². The van der Waals surface area contributed by atoms with Crippen LogP contribution in [0, 0.1) is 11.3 Å². The topological polar surface area (TPSA) is 83.7 Å². The Balaban J connectivity index is 1.35. The third kappa shape index (κ3) is 4.03. The number of rotatable bonds is 6. The highest BCUT2D eigenvalue weighted by molar-refractivity contribution is 7.17. The molecule has 3 aromatic heterocycles. The van der Waals surface area contributed by atoms with Gasteiger partial charge in [-0.25, -0.2) is 15.0 Å². The highest BCUT2D eigenvalue weighted by Crippen LogP contribution is 2.32. The maximum atomic E-state index is 8.80. The summed E-state index contributed by atoms with van der Waals surface area (Å²) in [6, 6.07) is 13.2. The summed E-state index contributed by atoms with van der Waals surface area (Å²) in [5, 5.41) is 15.5. The number of benzene rings is 1. The lowest BCUT2D eigenvalue weighted by Crippen LogP contribution is -2.06. The lowest BCUT2D eigenvalue weighted by atomic mass is 10.1. The summed E-state index contributed by atoms with van der Waals surface area (Å²) in [5.41, 5.74) is 1.66. The van der Waals surface area contributed by atoms with Gasteiger partial charge in [-0.2, -0.15) is 5.26 Å². The first-order valence-electron chi connectivity index (χ1n) is 8.47. The minimum Gasteiger partial charge on any atom is -0.439 e. The molecule has 0 saturated heterocycles. The van der Waals surface area contributed by atoms with Crippen LogP contribution >= 0.6 is 22.9 Å². The van der Waals surface area contributed by atoms with Crippen LogP contribution in [-0.4, -0.2) is 21.5 Å². The molecule has 0 saturated carbocycles. The molecule has 0 aliphatic heterocycles. The average molecular weight is 408 g/mol. The monoisotopic (exact) mass is 407 g/mol. The van der Waals surface area contributed by atoms with Gasteiger partial charge in [0.05, 0.1) is 16.0 Å². The molecule has 1 N–H and O–H groups in total. The fourth-order valence-electron chi connectivity index (χ4n) is 2.65. The maximum absolute atomic E-state index is 8.80. The van der Waals surface area contributed by atoms with Crippen molar-refractivity contribution >= 4 is 39.0 Å². The molecule has 0 amide bonds. The second kappa shape index (κ2) is 8.21. The summed E-state index contributed by atoms with van der Waals surface area (Å²) in [6.45, 7) is 0.718. The van der Waals surface area contributed by atoms with E-state index in [1.165, 1.54) is 17.5 Å². The van der Waals surface area contributed by atoms with Crippen LogP contribution in [0.5, 0.6) is 11.6 Å². The van der Waals surface area contributed by atoms with Crippen molar-refractivity contribution in [2.45, 2.75) is 6.42 Å². The molecule has 8 heteroatoms. The number of hydrogen-bond acceptors (Lipinski definition) is 7. The van der Waals surface area contributed by atoms with Gasteiger partial charge in [0.15, 0.2) is 0 Å². The van der Waals surface area contributed by atoms with E-state index in [1.54, 1.807) is 18.5 Å². The van der Waals surface area contributed by atoms with Gasteiger partial charge in [-0.1, -0.05) is 23.7 Å². The van der Waals surface area contributed by atoms with Crippen molar-refractivity contribution < 1.29 is 4.74 Å². The average Bonchev–Trinajstić information content (AvgIpc) is 3.12. The van der Waals surface area contributed by atoms with Crippen LogP contribution < -0.4 is 10.1 Å². The SMILES string of the molecule is N#Cc1ccc(Oc2ccc(CCNc3ncnc4scc(Cl)c34)cc2)nc1. The molecule has 28 heavy (non-hydrogen) atoms. The number of hydrogen-bond donors (Lipinski definition) is 1. The van der Waals surface area contributed by atoms with Crippen molar-refractivity contribution in [3.05, 3.63) is 70.5 Å². The molecule has 6 nitrogen and oxygen atoms in total. The van der Waals surface area contributed by atoms with E-state index in [-0.39, 0.29) is 0 Å². The summed E-state index contributed by atoms with van der Waals surface area (Å²) < 4.78 is 5.69. The number of nitriles is 1. The standard InChI is InChI=1S/C20H14ClN5OS/c21-16-11-28-20-18(16)19(25-12-26-20)23-8-7-13-1-4-15(5-2-13)27-17-6-3-14(9-22)10-24-17/h1-6,10-12H,7-8H2,(H,23,25,26). The number of aromatic nitrogens is 3. The predicted octanol–water partition coefficient (Wildman–Crippen LogP) is 5.06. The number of anilines is 1. The summed E-state index contributed by atoms with van der Waals surface area (Å²) in [7, 11) is 0. The molecule has 4 aromatic rings. The molecule has 0 fully saturated rings. The minimum atomic E-state index is 0.453. The van der Waals surface area contributed by atoms with E-state index in [0.29, 0.717) is 22.2 Å². The zero-order chi connectivity index (χ0) is 19.3. The lowest BCUT2D eigenvalue weighted by molar-refractivity contribution is 0.462. The number of fused-ring (bicyclic) bond motifs is 1. The molecule has 0 aliphatic carbocycles. The normalized spacial score (nSPS) is 10.6. The molecule has 0 aliphatic rings. The van der Waals surface area contributed by atoms with Crippen LogP contribution in [0.1, 0.15) is 11.1 Å². The van der Waals surface area contributed by atoms with Gasteiger partial charge < -0.3 is 10.1 Å². The molecule has 3 heterocycles. The number of thiophene rings is 1. The number of nitrogens with zero attached hydrogens (tertiary/aromatic N) is 4. The van der Waals surface area contributed by atoms with Gasteiger partial charge in [0, 0.05) is 24.2 Å². The number of halogens is 1. The van der Waals surface area contributed by atoms with Gasteiger partial charge in [0.2, 0.25) is 5.88 Å². The summed E-state index contributed by atoms with van der Waals surface area (Å²) in [5.74, 6) is 1.90. The number of nitrogens with one attached hydrogen (secondary N) is 1. The van der Waals surface area contributed by atoms with E-state index in [4.69, 9.17) is 21.6 Å². The van der Waals surface area contributed by atoms with E-state index in [0.717, 1.165) is 34.6 Å². The zero-order valence-corrected chi connectivity index (χ0v) is 16.2. The van der Waals surface area contributed by atoms with Crippen molar-refractivity contribution in [1.82, 2.24) is 15.0 Å². The van der Waals surface area contributed by atoms with Crippen LogP contribution in [0.3, 0.4) is 0 Å². The first-order chi connectivity index (χ1) is 13.7. The lowest BCUT2D eigenvalue weighted by Gasteiger charge is -2.08. The Kier molecular flexibility index (Phi) is 5.33. The molecule has 0 bridgehead atoms. The first-order valence-corrected chi connectivity index (χ1v) is 9.73. The van der Waals surface area contributed by atoms with Gasteiger partial charge in [-0.3, -0.25) is 0 Å². The highest BCUT2D eigenvalue weighted by Gasteiger charge is 2.09. The van der Waals surface area contributed by atoms with E-state index < -0.39 is 0 Å².